The zero-order valence-corrected chi connectivity index (χ0v) is 8.17. The second-order valence-electron chi connectivity index (χ2n) is 2.95. The van der Waals surface area contributed by atoms with Crippen molar-refractivity contribution < 1.29 is 9.47 Å². The van der Waals surface area contributed by atoms with Gasteiger partial charge in [-0.3, -0.25) is 0 Å². The number of hydrogen-bond acceptors (Lipinski definition) is 3. The number of benzene rings is 1. The summed E-state index contributed by atoms with van der Waals surface area (Å²) < 4.78 is 10.4. The SMILES string of the molecule is N#CCc1c(Cl)ccc2c1COCO2. The minimum Gasteiger partial charge on any atom is -0.467 e. The first-order chi connectivity index (χ1) is 6.83. The summed E-state index contributed by atoms with van der Waals surface area (Å²) in [5.41, 5.74) is 1.71. The van der Waals surface area contributed by atoms with Crippen LogP contribution < -0.4 is 4.74 Å². The Kier molecular flexibility index (Phi) is 2.58. The van der Waals surface area contributed by atoms with Gasteiger partial charge in [0.25, 0.3) is 0 Å². The third-order valence-electron chi connectivity index (χ3n) is 2.13. The van der Waals surface area contributed by atoms with Crippen LogP contribution in [0.3, 0.4) is 0 Å². The van der Waals surface area contributed by atoms with Gasteiger partial charge in [-0.1, -0.05) is 11.6 Å². The molecule has 1 aliphatic heterocycles. The molecule has 0 aliphatic carbocycles. The lowest BCUT2D eigenvalue weighted by Crippen LogP contribution is -2.13. The van der Waals surface area contributed by atoms with Crippen LogP contribution in [-0.4, -0.2) is 6.79 Å². The Morgan fingerprint density at radius 2 is 2.36 bits per heavy atom. The van der Waals surface area contributed by atoms with Crippen LogP contribution in [0.25, 0.3) is 0 Å². The molecule has 0 atom stereocenters. The largest absolute Gasteiger partial charge is 0.467 e. The maximum absolute atomic E-state index is 8.66. The van der Waals surface area contributed by atoms with Crippen molar-refractivity contribution in [3.05, 3.63) is 28.3 Å². The number of rotatable bonds is 1. The summed E-state index contributed by atoms with van der Waals surface area (Å²) in [4.78, 5) is 0. The molecule has 0 unspecified atom stereocenters. The van der Waals surface area contributed by atoms with E-state index in [9.17, 15) is 0 Å². The molecular weight excluding hydrogens is 202 g/mol. The fourth-order valence-electron chi connectivity index (χ4n) is 1.46. The van der Waals surface area contributed by atoms with Crippen molar-refractivity contribution >= 4 is 11.6 Å². The lowest BCUT2D eigenvalue weighted by molar-refractivity contribution is -0.0167. The lowest BCUT2D eigenvalue weighted by atomic mass is 10.0. The van der Waals surface area contributed by atoms with Gasteiger partial charge in [0.2, 0.25) is 0 Å². The van der Waals surface area contributed by atoms with Crippen LogP contribution in [0, 0.1) is 11.3 Å². The maximum Gasteiger partial charge on any atom is 0.189 e. The van der Waals surface area contributed by atoms with Gasteiger partial charge in [-0.05, 0) is 17.7 Å². The summed E-state index contributed by atoms with van der Waals surface area (Å²) in [5.74, 6) is 0.769. The van der Waals surface area contributed by atoms with Gasteiger partial charge < -0.3 is 9.47 Å². The van der Waals surface area contributed by atoms with E-state index in [0.29, 0.717) is 11.6 Å². The molecule has 0 bridgehead atoms. The number of nitriles is 1. The molecule has 0 saturated heterocycles. The summed E-state index contributed by atoms with van der Waals surface area (Å²) in [5, 5.41) is 9.25. The summed E-state index contributed by atoms with van der Waals surface area (Å²) in [7, 11) is 0. The van der Waals surface area contributed by atoms with E-state index in [-0.39, 0.29) is 13.2 Å². The zero-order valence-electron chi connectivity index (χ0n) is 7.42. The molecule has 0 amide bonds. The van der Waals surface area contributed by atoms with E-state index in [1.165, 1.54) is 0 Å². The molecule has 0 spiro atoms. The molecule has 0 radical (unpaired) electrons. The summed E-state index contributed by atoms with van der Waals surface area (Å²) in [6.45, 7) is 0.730. The minimum atomic E-state index is 0.265. The van der Waals surface area contributed by atoms with Gasteiger partial charge in [0.1, 0.15) is 5.75 Å². The molecule has 1 heterocycles. The molecule has 0 aromatic heterocycles. The summed E-state index contributed by atoms with van der Waals surface area (Å²) in [6.07, 6.45) is 0.286. The van der Waals surface area contributed by atoms with Crippen molar-refractivity contribution in [2.45, 2.75) is 13.0 Å². The molecule has 1 aliphatic rings. The van der Waals surface area contributed by atoms with Gasteiger partial charge in [0, 0.05) is 10.6 Å². The lowest BCUT2D eigenvalue weighted by Gasteiger charge is -2.20. The van der Waals surface area contributed by atoms with Crippen LogP contribution in [0.5, 0.6) is 5.75 Å². The molecular formula is C10H8ClNO2. The van der Waals surface area contributed by atoms with E-state index in [0.717, 1.165) is 16.9 Å². The Hall–Kier alpha value is -1.24. The van der Waals surface area contributed by atoms with Crippen molar-refractivity contribution in [1.82, 2.24) is 0 Å². The molecule has 72 valence electrons. The standard InChI is InChI=1S/C10H8ClNO2/c11-9-1-2-10-8(5-13-6-14-10)7(9)3-4-12/h1-2H,3,5-6H2. The maximum atomic E-state index is 8.66. The Labute approximate surface area is 86.8 Å². The third-order valence-corrected chi connectivity index (χ3v) is 2.49. The highest BCUT2D eigenvalue weighted by Gasteiger charge is 2.16. The number of hydrogen-bond donors (Lipinski definition) is 0. The topological polar surface area (TPSA) is 42.2 Å². The Morgan fingerprint density at radius 1 is 1.50 bits per heavy atom. The number of nitrogens with zero attached hydrogens (tertiary/aromatic N) is 1. The molecule has 14 heavy (non-hydrogen) atoms. The molecule has 3 nitrogen and oxygen atoms in total. The Balaban J connectivity index is 2.50. The first kappa shape index (κ1) is 9.32. The van der Waals surface area contributed by atoms with Crippen LogP contribution in [0.4, 0.5) is 0 Å². The summed E-state index contributed by atoms with van der Waals surface area (Å²) >= 11 is 5.98. The van der Waals surface area contributed by atoms with E-state index in [2.05, 4.69) is 6.07 Å². The Morgan fingerprint density at radius 3 is 3.14 bits per heavy atom. The van der Waals surface area contributed by atoms with E-state index in [4.69, 9.17) is 26.3 Å². The molecule has 4 heteroatoms. The van der Waals surface area contributed by atoms with Crippen LogP contribution in [0.15, 0.2) is 12.1 Å². The van der Waals surface area contributed by atoms with Gasteiger partial charge in [0.15, 0.2) is 6.79 Å². The minimum absolute atomic E-state index is 0.265. The monoisotopic (exact) mass is 209 g/mol. The highest BCUT2D eigenvalue weighted by Crippen LogP contribution is 2.31. The summed E-state index contributed by atoms with van der Waals surface area (Å²) in [6, 6.07) is 5.63. The fraction of sp³-hybridized carbons (Fsp3) is 0.300. The second-order valence-corrected chi connectivity index (χ2v) is 3.36. The quantitative estimate of drug-likeness (QED) is 0.713. The van der Waals surface area contributed by atoms with Gasteiger partial charge in [0.05, 0.1) is 19.1 Å². The Bertz CT molecular complexity index is 398. The van der Waals surface area contributed by atoms with E-state index < -0.39 is 0 Å². The molecule has 1 aromatic carbocycles. The average molecular weight is 210 g/mol. The van der Waals surface area contributed by atoms with Crippen LogP contribution >= 0.6 is 11.6 Å². The van der Waals surface area contributed by atoms with Gasteiger partial charge in [-0.2, -0.15) is 5.26 Å². The number of ether oxygens (including phenoxy) is 2. The number of fused-ring (bicyclic) bond motifs is 1. The predicted octanol–water partition coefficient (Wildman–Crippen LogP) is 2.27. The van der Waals surface area contributed by atoms with Crippen molar-refractivity contribution in [2.75, 3.05) is 6.79 Å². The zero-order chi connectivity index (χ0) is 9.97. The van der Waals surface area contributed by atoms with Crippen LogP contribution in [0.1, 0.15) is 11.1 Å². The smallest absolute Gasteiger partial charge is 0.189 e. The van der Waals surface area contributed by atoms with E-state index in [1.807, 2.05) is 0 Å². The second kappa shape index (κ2) is 3.87. The van der Waals surface area contributed by atoms with Crippen molar-refractivity contribution in [3.8, 4) is 11.8 Å². The van der Waals surface area contributed by atoms with Gasteiger partial charge in [-0.15, -0.1) is 0 Å². The van der Waals surface area contributed by atoms with Crippen molar-refractivity contribution in [2.24, 2.45) is 0 Å². The first-order valence-electron chi connectivity index (χ1n) is 4.20. The third kappa shape index (κ3) is 1.54. The molecule has 1 aromatic rings. The highest BCUT2D eigenvalue weighted by atomic mass is 35.5. The van der Waals surface area contributed by atoms with Gasteiger partial charge in [-0.25, -0.2) is 0 Å². The van der Waals surface area contributed by atoms with Gasteiger partial charge >= 0.3 is 0 Å². The first-order valence-corrected chi connectivity index (χ1v) is 4.58. The highest BCUT2D eigenvalue weighted by molar-refractivity contribution is 6.31. The van der Waals surface area contributed by atoms with Crippen molar-refractivity contribution in [1.29, 1.82) is 5.26 Å². The fourth-order valence-corrected chi connectivity index (χ4v) is 1.70. The van der Waals surface area contributed by atoms with Crippen LogP contribution in [0.2, 0.25) is 5.02 Å². The predicted molar refractivity (Wildman–Crippen MR) is 51.1 cm³/mol. The van der Waals surface area contributed by atoms with E-state index >= 15 is 0 Å². The average Bonchev–Trinajstić information content (AvgIpc) is 2.23. The normalized spacial score (nSPS) is 14.0. The molecule has 0 saturated carbocycles. The molecule has 0 N–H and O–H groups in total. The van der Waals surface area contributed by atoms with Crippen molar-refractivity contribution in [3.63, 3.8) is 0 Å². The molecule has 2 rings (SSSR count). The van der Waals surface area contributed by atoms with Crippen LogP contribution in [-0.2, 0) is 17.8 Å². The van der Waals surface area contributed by atoms with E-state index in [1.54, 1.807) is 12.1 Å². The molecule has 0 fully saturated rings. The number of halogens is 1.